The van der Waals surface area contributed by atoms with Gasteiger partial charge >= 0.3 is 0 Å². The molecule has 5 aromatic carbocycles. The molecule has 1 aliphatic carbocycles. The molecule has 0 radical (unpaired) electrons. The summed E-state index contributed by atoms with van der Waals surface area (Å²) in [7, 11) is 2.07. The van der Waals surface area contributed by atoms with E-state index in [2.05, 4.69) is 138 Å². The number of ether oxygens (including phenoxy) is 1. The zero-order valence-electron chi connectivity index (χ0n) is 23.2. The minimum atomic E-state index is -0.561. The van der Waals surface area contributed by atoms with Crippen molar-refractivity contribution >= 4 is 11.0 Å². The Hall–Kier alpha value is -5.48. The van der Waals surface area contributed by atoms with Crippen molar-refractivity contribution < 1.29 is 9.30 Å². The van der Waals surface area contributed by atoms with Gasteiger partial charge in [0.15, 0.2) is 11.0 Å². The van der Waals surface area contributed by atoms with Crippen LogP contribution >= 0.6 is 0 Å². The second-order valence-electron chi connectivity index (χ2n) is 10.8. The molecule has 200 valence electrons. The number of para-hydroxylation sites is 2. The molecule has 8 rings (SSSR count). The van der Waals surface area contributed by atoms with E-state index < -0.39 is 5.41 Å². The van der Waals surface area contributed by atoms with Crippen molar-refractivity contribution in [3.05, 3.63) is 174 Å². The summed E-state index contributed by atoms with van der Waals surface area (Å²) in [6.07, 6.45) is 3.99. The summed E-state index contributed by atoms with van der Waals surface area (Å²) in [6.45, 7) is 0. The second-order valence-corrected chi connectivity index (χ2v) is 10.8. The Morgan fingerprint density at radius 3 is 2.07 bits per heavy atom. The van der Waals surface area contributed by atoms with Gasteiger partial charge in [0.2, 0.25) is 6.33 Å². The van der Waals surface area contributed by atoms with Gasteiger partial charge in [-0.2, -0.15) is 4.57 Å². The summed E-state index contributed by atoms with van der Waals surface area (Å²) in [5.41, 5.74) is 9.87. The third kappa shape index (κ3) is 3.62. The maximum absolute atomic E-state index is 6.58. The Labute approximate surface area is 244 Å². The number of benzene rings is 5. The minimum absolute atomic E-state index is 0.561. The molecule has 7 aromatic rings. The minimum Gasteiger partial charge on any atom is -0.457 e. The quantitative estimate of drug-likeness (QED) is 0.206. The number of pyridine rings is 1. The molecule has 0 atom stereocenters. The van der Waals surface area contributed by atoms with E-state index in [1.165, 1.54) is 27.8 Å². The number of hydrogen-bond donors (Lipinski definition) is 0. The third-order valence-electron chi connectivity index (χ3n) is 8.41. The molecule has 0 aliphatic heterocycles. The Bertz CT molecular complexity index is 2050. The largest absolute Gasteiger partial charge is 0.457 e. The van der Waals surface area contributed by atoms with Crippen LogP contribution in [0.2, 0.25) is 0 Å². The molecule has 2 heterocycles. The molecular weight excluding hydrogens is 514 g/mol. The first kappa shape index (κ1) is 24.3. The smallest absolute Gasteiger partial charge is 0.249 e. The topological polar surface area (TPSA) is 30.9 Å². The fourth-order valence-electron chi connectivity index (χ4n) is 6.65. The molecule has 0 unspecified atom stereocenters. The van der Waals surface area contributed by atoms with Gasteiger partial charge in [0.1, 0.15) is 17.2 Å². The van der Waals surface area contributed by atoms with Crippen molar-refractivity contribution in [1.29, 1.82) is 0 Å². The summed E-state index contributed by atoms with van der Waals surface area (Å²) in [5.74, 6) is 1.56. The van der Waals surface area contributed by atoms with Crippen LogP contribution in [0.25, 0.3) is 27.8 Å². The number of aryl methyl sites for hydroxylation is 1. The Morgan fingerprint density at radius 1 is 0.643 bits per heavy atom. The van der Waals surface area contributed by atoms with Gasteiger partial charge in [0.05, 0.1) is 18.2 Å². The lowest BCUT2D eigenvalue weighted by atomic mass is 9.70. The van der Waals surface area contributed by atoms with Crippen LogP contribution in [0.5, 0.6) is 11.5 Å². The van der Waals surface area contributed by atoms with Crippen LogP contribution in [-0.4, -0.2) is 9.55 Å². The van der Waals surface area contributed by atoms with E-state index in [1.807, 2.05) is 30.5 Å². The fraction of sp³-hybridized carbons (Fsp3) is 0.0526. The zero-order chi connectivity index (χ0) is 28.1. The maximum atomic E-state index is 6.58. The molecular formula is C38H28N3O+. The first-order valence-corrected chi connectivity index (χ1v) is 14.2. The number of hydrogen-bond acceptors (Lipinski definition) is 2. The first-order valence-electron chi connectivity index (χ1n) is 14.2. The average Bonchev–Trinajstić information content (AvgIpc) is 3.55. The molecule has 0 saturated heterocycles. The van der Waals surface area contributed by atoms with Crippen LogP contribution in [0.4, 0.5) is 0 Å². The number of imidazole rings is 1. The fourth-order valence-corrected chi connectivity index (χ4v) is 6.65. The highest BCUT2D eigenvalue weighted by Gasteiger charge is 2.47. The van der Waals surface area contributed by atoms with Gasteiger partial charge in [-0.25, -0.2) is 4.57 Å². The van der Waals surface area contributed by atoms with E-state index in [1.54, 1.807) is 0 Å². The van der Waals surface area contributed by atoms with Gasteiger partial charge in [-0.1, -0.05) is 84.9 Å². The third-order valence-corrected chi connectivity index (χ3v) is 8.41. The summed E-state index contributed by atoms with van der Waals surface area (Å²) in [6, 6.07) is 48.7. The van der Waals surface area contributed by atoms with Crippen LogP contribution in [0.3, 0.4) is 0 Å². The molecule has 4 heteroatoms. The average molecular weight is 543 g/mol. The number of nitrogens with zero attached hydrogens (tertiary/aromatic N) is 3. The number of aromatic nitrogens is 3. The normalized spacial score (nSPS) is 13.1. The van der Waals surface area contributed by atoms with E-state index in [4.69, 9.17) is 9.72 Å². The predicted molar refractivity (Wildman–Crippen MR) is 166 cm³/mol. The molecule has 0 amide bonds. The molecule has 0 fully saturated rings. The van der Waals surface area contributed by atoms with Gasteiger partial charge in [-0.3, -0.25) is 4.98 Å². The van der Waals surface area contributed by atoms with Crippen molar-refractivity contribution in [2.24, 2.45) is 7.05 Å². The van der Waals surface area contributed by atoms with Gasteiger partial charge in [-0.05, 0) is 76.3 Å². The van der Waals surface area contributed by atoms with Crippen LogP contribution in [0.15, 0.2) is 152 Å². The van der Waals surface area contributed by atoms with Crippen LogP contribution < -0.4 is 9.30 Å². The lowest BCUT2D eigenvalue weighted by Crippen LogP contribution is -2.29. The van der Waals surface area contributed by atoms with Crippen molar-refractivity contribution in [2.75, 3.05) is 0 Å². The summed E-state index contributed by atoms with van der Waals surface area (Å²) in [4.78, 5) is 4.95. The maximum Gasteiger partial charge on any atom is 0.249 e. The SMILES string of the molecule is C[n+]1cn(-c2cccc(Oc3cccc(C4(c5ccccn5)c5ccccc5-c5ccccc54)c3)c2)c2ccccc21. The van der Waals surface area contributed by atoms with E-state index in [0.29, 0.717) is 0 Å². The summed E-state index contributed by atoms with van der Waals surface area (Å²) in [5, 5.41) is 0. The summed E-state index contributed by atoms with van der Waals surface area (Å²) >= 11 is 0. The number of fused-ring (bicyclic) bond motifs is 4. The molecule has 4 nitrogen and oxygen atoms in total. The van der Waals surface area contributed by atoms with Crippen molar-refractivity contribution in [1.82, 2.24) is 9.55 Å². The highest BCUT2D eigenvalue weighted by molar-refractivity contribution is 5.85. The van der Waals surface area contributed by atoms with Gasteiger partial charge in [-0.15, -0.1) is 0 Å². The van der Waals surface area contributed by atoms with E-state index in [9.17, 15) is 0 Å². The molecule has 42 heavy (non-hydrogen) atoms. The Kier molecular flexibility index (Phi) is 5.54. The molecule has 0 bridgehead atoms. The van der Waals surface area contributed by atoms with Gasteiger partial charge < -0.3 is 4.74 Å². The first-order chi connectivity index (χ1) is 20.7. The second kappa shape index (κ2) is 9.57. The van der Waals surface area contributed by atoms with Gasteiger partial charge in [0, 0.05) is 12.3 Å². The van der Waals surface area contributed by atoms with E-state index >= 15 is 0 Å². The summed E-state index contributed by atoms with van der Waals surface area (Å²) < 4.78 is 10.9. The molecule has 0 saturated carbocycles. The van der Waals surface area contributed by atoms with E-state index in [0.717, 1.165) is 34.0 Å². The zero-order valence-corrected chi connectivity index (χ0v) is 23.2. The Balaban J connectivity index is 1.25. The highest BCUT2D eigenvalue weighted by Crippen LogP contribution is 2.55. The highest BCUT2D eigenvalue weighted by atomic mass is 16.5. The van der Waals surface area contributed by atoms with Crippen molar-refractivity contribution in [3.8, 4) is 28.3 Å². The predicted octanol–water partition coefficient (Wildman–Crippen LogP) is 8.01. The van der Waals surface area contributed by atoms with Crippen molar-refractivity contribution in [2.45, 2.75) is 5.41 Å². The molecule has 2 aromatic heterocycles. The monoisotopic (exact) mass is 542 g/mol. The van der Waals surface area contributed by atoms with E-state index in [-0.39, 0.29) is 0 Å². The van der Waals surface area contributed by atoms with Crippen molar-refractivity contribution in [3.63, 3.8) is 0 Å². The molecule has 0 N–H and O–H groups in total. The Morgan fingerprint density at radius 2 is 1.31 bits per heavy atom. The number of rotatable bonds is 5. The van der Waals surface area contributed by atoms with Crippen LogP contribution in [0.1, 0.15) is 22.4 Å². The molecule has 1 aliphatic rings. The van der Waals surface area contributed by atoms with Gasteiger partial charge in [0.25, 0.3) is 0 Å². The lowest BCUT2D eigenvalue weighted by Gasteiger charge is -2.32. The van der Waals surface area contributed by atoms with Crippen LogP contribution in [0, 0.1) is 0 Å². The molecule has 0 spiro atoms. The van der Waals surface area contributed by atoms with Crippen LogP contribution in [-0.2, 0) is 12.5 Å². The lowest BCUT2D eigenvalue weighted by molar-refractivity contribution is -0.645. The standard InChI is InChI=1S/C38H28N3O/c1-40-26-41(36-21-7-6-20-35(36)40)28-13-11-15-30(25-28)42-29-14-10-12-27(24-29)38(37-22-8-9-23-39-37)33-18-4-2-16-31(33)32-17-3-5-19-34(32)38/h2-26H,1H3/q+1.